The molecule has 28 heavy (non-hydrogen) atoms. The van der Waals surface area contributed by atoms with Crippen LogP contribution in [0.3, 0.4) is 0 Å². The highest BCUT2D eigenvalue weighted by atomic mass is 32.2. The fourth-order valence-corrected chi connectivity index (χ4v) is 3.73. The Bertz CT molecular complexity index is 934. The number of ether oxygens (including phenoxy) is 1. The summed E-state index contributed by atoms with van der Waals surface area (Å²) in [7, 11) is -3.87. The fourth-order valence-electron chi connectivity index (χ4n) is 2.54. The summed E-state index contributed by atoms with van der Waals surface area (Å²) in [6.07, 6.45) is -0.163. The summed E-state index contributed by atoms with van der Waals surface area (Å²) in [4.78, 5) is 24.7. The lowest BCUT2D eigenvalue weighted by atomic mass is 10.0. The lowest BCUT2D eigenvalue weighted by Crippen LogP contribution is -2.41. The van der Waals surface area contributed by atoms with Gasteiger partial charge in [-0.1, -0.05) is 48.9 Å². The van der Waals surface area contributed by atoms with Gasteiger partial charge in [-0.3, -0.25) is 9.59 Å². The molecule has 0 aliphatic rings. The summed E-state index contributed by atoms with van der Waals surface area (Å²) in [6, 6.07) is 12.2. The summed E-state index contributed by atoms with van der Waals surface area (Å²) >= 11 is 0. The topological polar surface area (TPSA) is 89.5 Å². The van der Waals surface area contributed by atoms with Crippen LogP contribution in [0.25, 0.3) is 0 Å². The Balaban J connectivity index is 2.00. The van der Waals surface area contributed by atoms with Crippen LogP contribution in [-0.2, 0) is 26.0 Å². The monoisotopic (exact) mass is 403 g/mol. The summed E-state index contributed by atoms with van der Waals surface area (Å²) in [5, 5.41) is 0. The van der Waals surface area contributed by atoms with Crippen LogP contribution >= 0.6 is 0 Å². The third kappa shape index (κ3) is 5.50. The second-order valence-corrected chi connectivity index (χ2v) is 8.36. The SMILES string of the molecule is CCc1ccc(C(=O)C(C)OC(=O)[C@H](C)NS(=O)(=O)c2ccc(C)cc2)cc1. The van der Waals surface area contributed by atoms with Crippen molar-refractivity contribution in [1.82, 2.24) is 4.72 Å². The minimum Gasteiger partial charge on any atom is -0.453 e. The molecule has 0 amide bonds. The standard InChI is InChI=1S/C21H25NO5S/c1-5-17-8-10-18(11-9-17)20(23)16(4)27-21(24)15(3)22-28(25,26)19-12-6-14(2)7-13-19/h6-13,15-16,22H,5H2,1-4H3/t15-,16?/m0/s1. The van der Waals surface area contributed by atoms with Crippen molar-refractivity contribution in [2.45, 2.75) is 51.2 Å². The molecule has 7 heteroatoms. The van der Waals surface area contributed by atoms with Gasteiger partial charge in [0, 0.05) is 5.56 Å². The van der Waals surface area contributed by atoms with Gasteiger partial charge in [-0.15, -0.1) is 0 Å². The summed E-state index contributed by atoms with van der Waals surface area (Å²) < 4.78 is 32.2. The van der Waals surface area contributed by atoms with Gasteiger partial charge < -0.3 is 4.74 Å². The molecule has 0 saturated carbocycles. The van der Waals surface area contributed by atoms with E-state index in [0.29, 0.717) is 5.56 Å². The van der Waals surface area contributed by atoms with E-state index in [9.17, 15) is 18.0 Å². The highest BCUT2D eigenvalue weighted by Crippen LogP contribution is 2.13. The number of hydrogen-bond acceptors (Lipinski definition) is 5. The average Bonchev–Trinajstić information content (AvgIpc) is 2.67. The maximum absolute atomic E-state index is 12.4. The van der Waals surface area contributed by atoms with E-state index in [1.165, 1.54) is 26.0 Å². The molecular weight excluding hydrogens is 378 g/mol. The number of Topliss-reactive ketones (excluding diaryl/α,β-unsaturated/α-hetero) is 1. The first-order valence-corrected chi connectivity index (χ1v) is 10.5. The van der Waals surface area contributed by atoms with E-state index in [4.69, 9.17) is 4.74 Å². The molecule has 0 aliphatic carbocycles. The van der Waals surface area contributed by atoms with Crippen LogP contribution in [0.4, 0.5) is 0 Å². The van der Waals surface area contributed by atoms with E-state index < -0.39 is 28.1 Å². The molecule has 150 valence electrons. The van der Waals surface area contributed by atoms with E-state index in [-0.39, 0.29) is 10.7 Å². The van der Waals surface area contributed by atoms with Crippen molar-refractivity contribution in [3.05, 3.63) is 65.2 Å². The van der Waals surface area contributed by atoms with Gasteiger partial charge in [-0.2, -0.15) is 4.72 Å². The van der Waals surface area contributed by atoms with E-state index in [0.717, 1.165) is 17.5 Å². The van der Waals surface area contributed by atoms with E-state index in [2.05, 4.69) is 4.72 Å². The van der Waals surface area contributed by atoms with Crippen LogP contribution in [0.1, 0.15) is 42.3 Å². The van der Waals surface area contributed by atoms with Crippen molar-refractivity contribution in [1.29, 1.82) is 0 Å². The zero-order valence-corrected chi connectivity index (χ0v) is 17.2. The zero-order valence-electron chi connectivity index (χ0n) is 16.4. The lowest BCUT2D eigenvalue weighted by molar-refractivity contribution is -0.147. The molecule has 2 rings (SSSR count). The van der Waals surface area contributed by atoms with Crippen LogP contribution in [0.5, 0.6) is 0 Å². The first kappa shape index (κ1) is 21.8. The molecule has 6 nitrogen and oxygen atoms in total. The van der Waals surface area contributed by atoms with Crippen LogP contribution in [-0.4, -0.2) is 32.3 Å². The molecule has 0 fully saturated rings. The van der Waals surface area contributed by atoms with Crippen LogP contribution in [0.15, 0.2) is 53.4 Å². The number of sulfonamides is 1. The van der Waals surface area contributed by atoms with Crippen molar-refractivity contribution in [3.8, 4) is 0 Å². The summed E-state index contributed by atoms with van der Waals surface area (Å²) in [5.74, 6) is -1.16. The van der Waals surface area contributed by atoms with Gasteiger partial charge in [-0.05, 0) is 44.9 Å². The molecule has 0 radical (unpaired) electrons. The highest BCUT2D eigenvalue weighted by Gasteiger charge is 2.26. The van der Waals surface area contributed by atoms with Gasteiger partial charge in [0.2, 0.25) is 15.8 Å². The van der Waals surface area contributed by atoms with Crippen molar-refractivity contribution in [2.24, 2.45) is 0 Å². The summed E-state index contributed by atoms with van der Waals surface area (Å²) in [5.41, 5.74) is 2.46. The van der Waals surface area contributed by atoms with Gasteiger partial charge in [0.05, 0.1) is 4.90 Å². The minimum absolute atomic E-state index is 0.0536. The average molecular weight is 404 g/mol. The third-order valence-corrected chi connectivity index (χ3v) is 5.88. The Morgan fingerprint density at radius 1 is 1.00 bits per heavy atom. The van der Waals surface area contributed by atoms with Gasteiger partial charge in [0.25, 0.3) is 0 Å². The number of esters is 1. The van der Waals surface area contributed by atoms with E-state index in [1.54, 1.807) is 24.3 Å². The lowest BCUT2D eigenvalue weighted by Gasteiger charge is -2.17. The Morgan fingerprint density at radius 2 is 1.57 bits per heavy atom. The largest absolute Gasteiger partial charge is 0.453 e. The normalized spacial score (nSPS) is 13.6. The molecule has 0 bridgehead atoms. The number of nitrogens with one attached hydrogen (secondary N) is 1. The number of carbonyl (C=O) groups excluding carboxylic acids is 2. The maximum atomic E-state index is 12.4. The van der Waals surface area contributed by atoms with Gasteiger partial charge in [-0.25, -0.2) is 8.42 Å². The van der Waals surface area contributed by atoms with Crippen LogP contribution in [0.2, 0.25) is 0 Å². The number of hydrogen-bond donors (Lipinski definition) is 1. The first-order chi connectivity index (χ1) is 13.1. The van der Waals surface area contributed by atoms with Crippen LogP contribution in [0, 0.1) is 6.92 Å². The van der Waals surface area contributed by atoms with Crippen LogP contribution < -0.4 is 4.72 Å². The molecule has 0 spiro atoms. The number of ketones is 1. The highest BCUT2D eigenvalue weighted by molar-refractivity contribution is 7.89. The molecule has 2 atom stereocenters. The van der Waals surface area contributed by atoms with Gasteiger partial charge in [0.15, 0.2) is 6.10 Å². The molecule has 2 aromatic carbocycles. The molecule has 0 saturated heterocycles. The Labute approximate surface area is 166 Å². The second-order valence-electron chi connectivity index (χ2n) is 6.65. The predicted octanol–water partition coefficient (Wildman–Crippen LogP) is 3.04. The first-order valence-electron chi connectivity index (χ1n) is 9.06. The van der Waals surface area contributed by atoms with E-state index in [1.807, 2.05) is 26.0 Å². The molecule has 0 aliphatic heterocycles. The van der Waals surface area contributed by atoms with Crippen molar-refractivity contribution in [2.75, 3.05) is 0 Å². The molecule has 1 N–H and O–H groups in total. The Kier molecular flexibility index (Phi) is 7.10. The van der Waals surface area contributed by atoms with Crippen molar-refractivity contribution < 1.29 is 22.7 Å². The quantitative estimate of drug-likeness (QED) is 0.540. The molecule has 1 unspecified atom stereocenters. The molecule has 0 heterocycles. The minimum atomic E-state index is -3.87. The van der Waals surface area contributed by atoms with Crippen molar-refractivity contribution >= 4 is 21.8 Å². The fraction of sp³-hybridized carbons (Fsp3) is 0.333. The van der Waals surface area contributed by atoms with Gasteiger partial charge >= 0.3 is 5.97 Å². The maximum Gasteiger partial charge on any atom is 0.324 e. The van der Waals surface area contributed by atoms with Crippen molar-refractivity contribution in [3.63, 3.8) is 0 Å². The third-order valence-electron chi connectivity index (χ3n) is 4.33. The number of carbonyl (C=O) groups is 2. The summed E-state index contributed by atoms with van der Waals surface area (Å²) in [6.45, 7) is 6.70. The smallest absolute Gasteiger partial charge is 0.324 e. The number of benzene rings is 2. The number of aryl methyl sites for hydroxylation is 2. The molecule has 0 aromatic heterocycles. The molecule has 2 aromatic rings. The zero-order chi connectivity index (χ0) is 20.9. The van der Waals surface area contributed by atoms with E-state index >= 15 is 0 Å². The number of rotatable bonds is 8. The predicted molar refractivity (Wildman–Crippen MR) is 107 cm³/mol. The molecular formula is C21H25NO5S. The second kappa shape index (κ2) is 9.12. The Hall–Kier alpha value is -2.51. The Morgan fingerprint density at radius 3 is 2.11 bits per heavy atom. The van der Waals surface area contributed by atoms with Gasteiger partial charge in [0.1, 0.15) is 6.04 Å².